The number of carbonyl (C=O) groups excluding carboxylic acids is 1. The molecule has 102 valence electrons. The Morgan fingerprint density at radius 1 is 1.19 bits per heavy atom. The average Bonchev–Trinajstić information content (AvgIpc) is 3.11. The standard InChI is InChI=1S/C16H12N4O/c17-10-4-5-15-14(8-10)19-9-20(15)16(21)12-2-1-3-13-11(12)6-7-18-13/h1-9,18H,17H2. The fourth-order valence-corrected chi connectivity index (χ4v) is 2.59. The smallest absolute Gasteiger partial charge is 0.264 e. The molecule has 5 heteroatoms. The summed E-state index contributed by atoms with van der Waals surface area (Å²) in [6.07, 6.45) is 3.37. The predicted octanol–water partition coefficient (Wildman–Crippen LogP) is 2.79. The van der Waals surface area contributed by atoms with Gasteiger partial charge in [-0.3, -0.25) is 9.36 Å². The van der Waals surface area contributed by atoms with Crippen LogP contribution in [0.25, 0.3) is 21.9 Å². The fraction of sp³-hybridized carbons (Fsp3) is 0. The van der Waals surface area contributed by atoms with Crippen LogP contribution in [0.5, 0.6) is 0 Å². The second-order valence-electron chi connectivity index (χ2n) is 4.91. The molecule has 4 aromatic rings. The van der Waals surface area contributed by atoms with E-state index in [1.165, 1.54) is 6.33 Å². The molecule has 2 aromatic heterocycles. The highest BCUT2D eigenvalue weighted by Crippen LogP contribution is 2.21. The lowest BCUT2D eigenvalue weighted by Crippen LogP contribution is -2.11. The van der Waals surface area contributed by atoms with Crippen LogP contribution in [0, 0.1) is 0 Å². The maximum Gasteiger partial charge on any atom is 0.264 e. The Kier molecular flexibility index (Phi) is 2.35. The first-order chi connectivity index (χ1) is 10.2. The quantitative estimate of drug-likeness (QED) is 0.525. The van der Waals surface area contributed by atoms with Gasteiger partial charge in [0.15, 0.2) is 0 Å². The molecule has 0 radical (unpaired) electrons. The van der Waals surface area contributed by atoms with E-state index in [0.717, 1.165) is 16.4 Å². The van der Waals surface area contributed by atoms with Crippen LogP contribution < -0.4 is 5.73 Å². The van der Waals surface area contributed by atoms with Crippen molar-refractivity contribution in [3.63, 3.8) is 0 Å². The van der Waals surface area contributed by atoms with Gasteiger partial charge in [-0.1, -0.05) is 6.07 Å². The molecule has 0 fully saturated rings. The highest BCUT2D eigenvalue weighted by molar-refractivity contribution is 6.09. The van der Waals surface area contributed by atoms with E-state index in [9.17, 15) is 4.79 Å². The predicted molar refractivity (Wildman–Crippen MR) is 82.2 cm³/mol. The molecule has 0 saturated heterocycles. The Hall–Kier alpha value is -3.08. The zero-order chi connectivity index (χ0) is 14.4. The van der Waals surface area contributed by atoms with Crippen LogP contribution in [0.2, 0.25) is 0 Å². The van der Waals surface area contributed by atoms with E-state index in [1.54, 1.807) is 16.7 Å². The Bertz CT molecular complexity index is 980. The molecule has 3 N–H and O–H groups in total. The topological polar surface area (TPSA) is 76.7 Å². The highest BCUT2D eigenvalue weighted by Gasteiger charge is 2.15. The number of aromatic nitrogens is 3. The number of benzene rings is 2. The van der Waals surface area contributed by atoms with Crippen LogP contribution in [0.3, 0.4) is 0 Å². The summed E-state index contributed by atoms with van der Waals surface area (Å²) in [5, 5.41) is 0.903. The molecule has 0 aliphatic heterocycles. The first-order valence-corrected chi connectivity index (χ1v) is 6.57. The summed E-state index contributed by atoms with van der Waals surface area (Å²) >= 11 is 0. The Morgan fingerprint density at radius 2 is 2.10 bits per heavy atom. The lowest BCUT2D eigenvalue weighted by Gasteiger charge is -2.05. The number of anilines is 1. The van der Waals surface area contributed by atoms with Crippen molar-refractivity contribution >= 4 is 33.5 Å². The van der Waals surface area contributed by atoms with Crippen molar-refractivity contribution in [1.29, 1.82) is 0 Å². The van der Waals surface area contributed by atoms with Crippen molar-refractivity contribution in [3.05, 3.63) is 60.6 Å². The molecule has 0 aliphatic rings. The number of nitrogens with one attached hydrogen (secondary N) is 1. The third-order valence-electron chi connectivity index (χ3n) is 3.62. The fourth-order valence-electron chi connectivity index (χ4n) is 2.59. The van der Waals surface area contributed by atoms with Gasteiger partial charge in [0.25, 0.3) is 5.91 Å². The van der Waals surface area contributed by atoms with Crippen LogP contribution in [0.4, 0.5) is 5.69 Å². The second-order valence-corrected chi connectivity index (χ2v) is 4.91. The number of hydrogen-bond donors (Lipinski definition) is 2. The van der Waals surface area contributed by atoms with E-state index in [2.05, 4.69) is 9.97 Å². The van der Waals surface area contributed by atoms with Gasteiger partial charge in [0.2, 0.25) is 0 Å². The molecule has 0 atom stereocenters. The maximum absolute atomic E-state index is 12.8. The summed E-state index contributed by atoms with van der Waals surface area (Å²) in [6, 6.07) is 12.9. The number of hydrogen-bond acceptors (Lipinski definition) is 3. The minimum atomic E-state index is -0.104. The van der Waals surface area contributed by atoms with Gasteiger partial charge in [0.1, 0.15) is 6.33 Å². The van der Waals surface area contributed by atoms with Gasteiger partial charge in [-0.25, -0.2) is 4.98 Å². The van der Waals surface area contributed by atoms with E-state index in [4.69, 9.17) is 5.73 Å². The monoisotopic (exact) mass is 276 g/mol. The van der Waals surface area contributed by atoms with Crippen molar-refractivity contribution in [2.45, 2.75) is 0 Å². The number of carbonyl (C=O) groups is 1. The summed E-state index contributed by atoms with van der Waals surface area (Å²) in [7, 11) is 0. The van der Waals surface area contributed by atoms with Crippen LogP contribution in [0.15, 0.2) is 55.0 Å². The molecule has 0 saturated carbocycles. The molecule has 21 heavy (non-hydrogen) atoms. The van der Waals surface area contributed by atoms with E-state index >= 15 is 0 Å². The molecule has 2 aromatic carbocycles. The third-order valence-corrected chi connectivity index (χ3v) is 3.62. The number of imidazole rings is 1. The van der Waals surface area contributed by atoms with Gasteiger partial charge in [0.05, 0.1) is 11.0 Å². The van der Waals surface area contributed by atoms with Gasteiger partial charge >= 0.3 is 0 Å². The van der Waals surface area contributed by atoms with Crippen molar-refractivity contribution in [2.24, 2.45) is 0 Å². The molecule has 0 aliphatic carbocycles. The maximum atomic E-state index is 12.8. The zero-order valence-electron chi connectivity index (χ0n) is 11.1. The highest BCUT2D eigenvalue weighted by atomic mass is 16.2. The van der Waals surface area contributed by atoms with E-state index in [0.29, 0.717) is 16.8 Å². The Labute approximate surface area is 120 Å². The number of nitrogens with zero attached hydrogens (tertiary/aromatic N) is 2. The van der Waals surface area contributed by atoms with Gasteiger partial charge in [-0.2, -0.15) is 0 Å². The number of rotatable bonds is 1. The lowest BCUT2D eigenvalue weighted by molar-refractivity contribution is 0.0966. The molecule has 2 heterocycles. The number of H-pyrrole nitrogens is 1. The van der Waals surface area contributed by atoms with Gasteiger partial charge in [-0.05, 0) is 36.4 Å². The third kappa shape index (κ3) is 1.71. The van der Waals surface area contributed by atoms with Crippen LogP contribution >= 0.6 is 0 Å². The Morgan fingerprint density at radius 3 is 3.00 bits per heavy atom. The van der Waals surface area contributed by atoms with Crippen LogP contribution in [-0.4, -0.2) is 20.4 Å². The molecule has 0 spiro atoms. The van der Waals surface area contributed by atoms with Crippen molar-refractivity contribution in [1.82, 2.24) is 14.5 Å². The van der Waals surface area contributed by atoms with Crippen LogP contribution in [-0.2, 0) is 0 Å². The van der Waals surface area contributed by atoms with Crippen molar-refractivity contribution in [2.75, 3.05) is 5.73 Å². The average molecular weight is 276 g/mol. The first-order valence-electron chi connectivity index (χ1n) is 6.57. The number of aromatic amines is 1. The molecular weight excluding hydrogens is 264 g/mol. The molecular formula is C16H12N4O. The summed E-state index contributed by atoms with van der Waals surface area (Å²) < 4.78 is 1.55. The number of nitrogens with two attached hydrogens (primary N) is 1. The molecule has 0 bridgehead atoms. The number of fused-ring (bicyclic) bond motifs is 2. The van der Waals surface area contributed by atoms with E-state index in [-0.39, 0.29) is 5.91 Å². The van der Waals surface area contributed by atoms with Gasteiger partial charge in [-0.15, -0.1) is 0 Å². The van der Waals surface area contributed by atoms with E-state index < -0.39 is 0 Å². The summed E-state index contributed by atoms with van der Waals surface area (Å²) in [6.45, 7) is 0. The van der Waals surface area contributed by atoms with Crippen molar-refractivity contribution < 1.29 is 4.79 Å². The second kappa shape index (κ2) is 4.21. The summed E-state index contributed by atoms with van der Waals surface area (Å²) in [4.78, 5) is 20.2. The van der Waals surface area contributed by atoms with Crippen molar-refractivity contribution in [3.8, 4) is 0 Å². The van der Waals surface area contributed by atoms with Gasteiger partial charge < -0.3 is 10.7 Å². The first kappa shape index (κ1) is 11.7. The number of nitrogen functional groups attached to an aromatic ring is 1. The van der Waals surface area contributed by atoms with Gasteiger partial charge in [0, 0.05) is 28.4 Å². The van der Waals surface area contributed by atoms with Crippen LogP contribution in [0.1, 0.15) is 10.4 Å². The normalized spacial score (nSPS) is 11.2. The molecule has 0 amide bonds. The Balaban J connectivity index is 1.92. The van der Waals surface area contributed by atoms with E-state index in [1.807, 2.05) is 36.5 Å². The zero-order valence-corrected chi connectivity index (χ0v) is 11.1. The molecule has 5 nitrogen and oxygen atoms in total. The molecule has 4 rings (SSSR count). The SMILES string of the molecule is Nc1ccc2c(c1)ncn2C(=O)c1cccc2[nH]ccc12. The lowest BCUT2D eigenvalue weighted by atomic mass is 10.1. The molecule has 0 unspecified atom stereocenters. The minimum absolute atomic E-state index is 0.104. The summed E-state index contributed by atoms with van der Waals surface area (Å²) in [5.74, 6) is -0.104. The largest absolute Gasteiger partial charge is 0.399 e. The minimum Gasteiger partial charge on any atom is -0.399 e. The summed E-state index contributed by atoms with van der Waals surface area (Å²) in [5.41, 5.74) is 9.42.